The molecule has 5 N–H and O–H groups in total. The maximum atomic E-state index is 11.2. The summed E-state index contributed by atoms with van der Waals surface area (Å²) in [5.74, 6) is 4.86. The molecule has 1 amide bonds. The monoisotopic (exact) mass is 173 g/mol. The average molecular weight is 173 g/mol. The molecule has 4 nitrogen and oxygen atoms in total. The fraction of sp³-hybridized carbons (Fsp3) is 0.875. The topological polar surface area (TPSA) is 81.1 Å². The maximum absolute atomic E-state index is 11.2. The summed E-state index contributed by atoms with van der Waals surface area (Å²) in [6, 6.07) is 0. The van der Waals surface area contributed by atoms with Crippen LogP contribution < -0.4 is 17.0 Å². The van der Waals surface area contributed by atoms with Crippen LogP contribution in [0.25, 0.3) is 0 Å². The van der Waals surface area contributed by atoms with E-state index in [1.165, 1.54) is 0 Å². The van der Waals surface area contributed by atoms with Gasteiger partial charge in [0.05, 0.1) is 0 Å². The first-order valence-electron chi connectivity index (χ1n) is 3.99. The summed E-state index contributed by atoms with van der Waals surface area (Å²) in [6.07, 6.45) is 0.600. The summed E-state index contributed by atoms with van der Waals surface area (Å²) in [4.78, 5) is 11.2. The first-order valence-corrected chi connectivity index (χ1v) is 3.99. The Labute approximate surface area is 73.7 Å². The van der Waals surface area contributed by atoms with E-state index in [4.69, 9.17) is 11.6 Å². The zero-order chi connectivity index (χ0) is 9.99. The molecule has 0 aromatic heterocycles. The Hall–Kier alpha value is -0.610. The molecule has 0 radical (unpaired) electrons. The second kappa shape index (κ2) is 3.41. The Balaban J connectivity index is 4.32. The lowest BCUT2D eigenvalue weighted by Gasteiger charge is -2.30. The number of carbonyl (C=O) groups excluding carboxylic acids is 1. The number of hydrazine groups is 1. The SMILES string of the molecule is CC(C)(N)CC(C)(C)C(=O)NN. The van der Waals surface area contributed by atoms with Crippen molar-refractivity contribution in [2.24, 2.45) is 17.0 Å². The molecule has 0 heterocycles. The molecule has 0 bridgehead atoms. The minimum atomic E-state index is -0.507. The van der Waals surface area contributed by atoms with Crippen molar-refractivity contribution in [1.29, 1.82) is 0 Å². The summed E-state index contributed by atoms with van der Waals surface area (Å²) in [7, 11) is 0. The highest BCUT2D eigenvalue weighted by Gasteiger charge is 2.32. The van der Waals surface area contributed by atoms with Gasteiger partial charge in [0.15, 0.2) is 0 Å². The van der Waals surface area contributed by atoms with Gasteiger partial charge in [-0.2, -0.15) is 0 Å². The second-order valence-electron chi connectivity index (χ2n) is 4.52. The molecule has 4 heteroatoms. The van der Waals surface area contributed by atoms with Gasteiger partial charge in [-0.25, -0.2) is 5.84 Å². The quantitative estimate of drug-likeness (QED) is 0.322. The van der Waals surface area contributed by atoms with Gasteiger partial charge in [-0.05, 0) is 20.3 Å². The van der Waals surface area contributed by atoms with Gasteiger partial charge >= 0.3 is 0 Å². The van der Waals surface area contributed by atoms with Gasteiger partial charge in [0.2, 0.25) is 5.91 Å². The molecular weight excluding hydrogens is 154 g/mol. The molecule has 0 rings (SSSR count). The van der Waals surface area contributed by atoms with Crippen LogP contribution in [0, 0.1) is 5.41 Å². The van der Waals surface area contributed by atoms with E-state index in [-0.39, 0.29) is 11.4 Å². The fourth-order valence-corrected chi connectivity index (χ4v) is 1.41. The predicted molar refractivity (Wildman–Crippen MR) is 49.0 cm³/mol. The van der Waals surface area contributed by atoms with Gasteiger partial charge in [-0.15, -0.1) is 0 Å². The van der Waals surface area contributed by atoms with Crippen LogP contribution in [-0.4, -0.2) is 11.4 Å². The van der Waals surface area contributed by atoms with E-state index < -0.39 is 5.41 Å². The van der Waals surface area contributed by atoms with Crippen molar-refractivity contribution in [3.05, 3.63) is 0 Å². The molecule has 0 aromatic rings. The summed E-state index contributed by atoms with van der Waals surface area (Å²) < 4.78 is 0. The highest BCUT2D eigenvalue weighted by molar-refractivity contribution is 5.81. The van der Waals surface area contributed by atoms with E-state index in [0.29, 0.717) is 6.42 Å². The number of amides is 1. The van der Waals surface area contributed by atoms with Gasteiger partial charge in [-0.1, -0.05) is 13.8 Å². The van der Waals surface area contributed by atoms with Crippen LogP contribution in [0.15, 0.2) is 0 Å². The normalized spacial score (nSPS) is 12.8. The Morgan fingerprint density at radius 1 is 1.33 bits per heavy atom. The standard InChI is InChI=1S/C8H19N3O/c1-7(2,6(12)11-10)5-8(3,4)9/h5,9-10H2,1-4H3,(H,11,12). The van der Waals surface area contributed by atoms with Crippen LogP contribution in [0.5, 0.6) is 0 Å². The molecule has 72 valence electrons. The number of hydrogen-bond acceptors (Lipinski definition) is 3. The highest BCUT2D eigenvalue weighted by Crippen LogP contribution is 2.26. The zero-order valence-electron chi connectivity index (χ0n) is 8.27. The van der Waals surface area contributed by atoms with Crippen molar-refractivity contribution in [1.82, 2.24) is 5.43 Å². The van der Waals surface area contributed by atoms with Crippen molar-refractivity contribution >= 4 is 5.91 Å². The molecule has 0 fully saturated rings. The number of hydrogen-bond donors (Lipinski definition) is 3. The van der Waals surface area contributed by atoms with Crippen molar-refractivity contribution in [3.63, 3.8) is 0 Å². The van der Waals surface area contributed by atoms with Gasteiger partial charge < -0.3 is 5.73 Å². The van der Waals surface area contributed by atoms with E-state index in [1.807, 2.05) is 27.7 Å². The van der Waals surface area contributed by atoms with E-state index in [9.17, 15) is 4.79 Å². The van der Waals surface area contributed by atoms with Crippen molar-refractivity contribution in [2.75, 3.05) is 0 Å². The summed E-state index contributed by atoms with van der Waals surface area (Å²) in [5, 5.41) is 0. The van der Waals surface area contributed by atoms with Crippen LogP contribution in [-0.2, 0) is 4.79 Å². The molecule has 0 aliphatic rings. The van der Waals surface area contributed by atoms with Crippen LogP contribution in [0.3, 0.4) is 0 Å². The molecule has 0 aliphatic carbocycles. The Morgan fingerprint density at radius 2 is 1.75 bits per heavy atom. The van der Waals surface area contributed by atoms with E-state index >= 15 is 0 Å². The third-order valence-electron chi connectivity index (χ3n) is 1.64. The minimum absolute atomic E-state index is 0.180. The second-order valence-corrected chi connectivity index (χ2v) is 4.52. The van der Waals surface area contributed by atoms with E-state index in [1.54, 1.807) is 0 Å². The molecule has 0 aromatic carbocycles. The van der Waals surface area contributed by atoms with Gasteiger partial charge in [0.25, 0.3) is 0 Å². The van der Waals surface area contributed by atoms with Crippen molar-refractivity contribution in [2.45, 2.75) is 39.7 Å². The lowest BCUT2D eigenvalue weighted by molar-refractivity contribution is -0.130. The van der Waals surface area contributed by atoms with Gasteiger partial charge in [0, 0.05) is 11.0 Å². The highest BCUT2D eigenvalue weighted by atomic mass is 16.2. The Kier molecular flexibility index (Phi) is 3.24. The average Bonchev–Trinajstić information content (AvgIpc) is 1.80. The first kappa shape index (κ1) is 11.4. The van der Waals surface area contributed by atoms with E-state index in [2.05, 4.69) is 5.43 Å². The number of nitrogens with one attached hydrogen (secondary N) is 1. The van der Waals surface area contributed by atoms with Crippen LogP contribution in [0.2, 0.25) is 0 Å². The molecule has 0 saturated heterocycles. The molecule has 0 spiro atoms. The molecule has 0 unspecified atom stereocenters. The predicted octanol–water partition coefficient (Wildman–Crippen LogP) is 0.130. The Morgan fingerprint density at radius 3 is 2.00 bits per heavy atom. The molecule has 0 aliphatic heterocycles. The summed E-state index contributed by atoms with van der Waals surface area (Å²) >= 11 is 0. The van der Waals surface area contributed by atoms with Gasteiger partial charge in [-0.3, -0.25) is 10.2 Å². The van der Waals surface area contributed by atoms with E-state index in [0.717, 1.165) is 0 Å². The number of nitrogens with two attached hydrogens (primary N) is 2. The summed E-state index contributed by atoms with van der Waals surface area (Å²) in [5.41, 5.74) is 7.07. The third-order valence-corrected chi connectivity index (χ3v) is 1.64. The smallest absolute Gasteiger partial charge is 0.239 e. The Bertz CT molecular complexity index is 170. The lowest BCUT2D eigenvalue weighted by atomic mass is 9.80. The largest absolute Gasteiger partial charge is 0.326 e. The number of rotatable bonds is 3. The van der Waals surface area contributed by atoms with Crippen LogP contribution in [0.1, 0.15) is 34.1 Å². The van der Waals surface area contributed by atoms with Crippen LogP contribution >= 0.6 is 0 Å². The van der Waals surface area contributed by atoms with Crippen molar-refractivity contribution < 1.29 is 4.79 Å². The minimum Gasteiger partial charge on any atom is -0.326 e. The first-order chi connectivity index (χ1) is 5.19. The maximum Gasteiger partial charge on any atom is 0.239 e. The van der Waals surface area contributed by atoms with Gasteiger partial charge in [0.1, 0.15) is 0 Å². The summed E-state index contributed by atoms with van der Waals surface area (Å²) in [6.45, 7) is 7.42. The van der Waals surface area contributed by atoms with Crippen molar-refractivity contribution in [3.8, 4) is 0 Å². The molecule has 0 saturated carbocycles. The third kappa shape index (κ3) is 3.69. The van der Waals surface area contributed by atoms with Crippen LogP contribution in [0.4, 0.5) is 0 Å². The number of carbonyl (C=O) groups is 1. The molecule has 12 heavy (non-hydrogen) atoms. The lowest BCUT2D eigenvalue weighted by Crippen LogP contribution is -2.46. The zero-order valence-corrected chi connectivity index (χ0v) is 8.27. The molecular formula is C8H19N3O. The molecule has 0 atom stereocenters. The fourth-order valence-electron chi connectivity index (χ4n) is 1.41.